The first kappa shape index (κ1) is 17.5. The lowest BCUT2D eigenvalue weighted by Gasteiger charge is -2.15. The maximum absolute atomic E-state index is 12.0. The molecule has 124 valence electrons. The van der Waals surface area contributed by atoms with E-state index in [9.17, 15) is 4.79 Å². The van der Waals surface area contributed by atoms with Crippen molar-refractivity contribution in [1.29, 1.82) is 0 Å². The summed E-state index contributed by atoms with van der Waals surface area (Å²) in [6, 6.07) is 9.89. The van der Waals surface area contributed by atoms with Crippen molar-refractivity contribution in [3.8, 4) is 0 Å². The zero-order valence-electron chi connectivity index (χ0n) is 14.2. The first-order valence-electron chi connectivity index (χ1n) is 7.90. The molecule has 23 heavy (non-hydrogen) atoms. The number of carbonyl (C=O) groups excluding carboxylic acids is 1. The fourth-order valence-corrected chi connectivity index (χ4v) is 3.16. The summed E-state index contributed by atoms with van der Waals surface area (Å²) in [6.45, 7) is 9.00. The molecule has 4 nitrogen and oxygen atoms in total. The molecule has 2 aromatic rings. The van der Waals surface area contributed by atoms with E-state index in [4.69, 9.17) is 0 Å². The monoisotopic (exact) mass is 331 g/mol. The van der Waals surface area contributed by atoms with E-state index >= 15 is 0 Å². The average Bonchev–Trinajstić information content (AvgIpc) is 2.98. The zero-order valence-corrected chi connectivity index (χ0v) is 15.0. The fraction of sp³-hybridized carbons (Fsp3) is 0.444. The second-order valence-corrected chi connectivity index (χ2v) is 7.57. The van der Waals surface area contributed by atoms with Crippen LogP contribution in [-0.2, 0) is 11.8 Å². The van der Waals surface area contributed by atoms with Crippen LogP contribution in [0.5, 0.6) is 0 Å². The summed E-state index contributed by atoms with van der Waals surface area (Å²) in [5.74, 6) is 0. The number of rotatable bonds is 5. The molecule has 2 N–H and O–H groups in total. The maximum atomic E-state index is 12.0. The van der Waals surface area contributed by atoms with Crippen LogP contribution in [0.1, 0.15) is 50.0 Å². The molecule has 1 atom stereocenters. The molecule has 0 aliphatic rings. The SMILES string of the molecule is CC(NC(=O)NCCc1ccccc1)c1nc(C(C)(C)C)cs1. The summed E-state index contributed by atoms with van der Waals surface area (Å²) >= 11 is 1.59. The topological polar surface area (TPSA) is 54.0 Å². The highest BCUT2D eigenvalue weighted by Crippen LogP contribution is 2.26. The summed E-state index contributed by atoms with van der Waals surface area (Å²) in [6.07, 6.45) is 0.827. The zero-order chi connectivity index (χ0) is 16.9. The highest BCUT2D eigenvalue weighted by molar-refractivity contribution is 7.09. The number of hydrogen-bond donors (Lipinski definition) is 2. The van der Waals surface area contributed by atoms with Gasteiger partial charge in [0.05, 0.1) is 11.7 Å². The fourth-order valence-electron chi connectivity index (χ4n) is 2.11. The molecule has 2 rings (SSSR count). The highest BCUT2D eigenvalue weighted by Gasteiger charge is 2.20. The van der Waals surface area contributed by atoms with Crippen molar-refractivity contribution in [2.75, 3.05) is 6.54 Å². The van der Waals surface area contributed by atoms with Crippen LogP contribution >= 0.6 is 11.3 Å². The standard InChI is InChI=1S/C18H25N3OS/c1-13(16-21-15(12-23-16)18(2,3)4)20-17(22)19-11-10-14-8-6-5-7-9-14/h5-9,12-13H,10-11H2,1-4H3,(H2,19,20,22). The molecular formula is C18H25N3OS. The summed E-state index contributed by atoms with van der Waals surface area (Å²) in [7, 11) is 0. The van der Waals surface area contributed by atoms with Crippen LogP contribution in [0.2, 0.25) is 0 Å². The Kier molecular flexibility index (Phi) is 5.77. The van der Waals surface area contributed by atoms with E-state index in [1.54, 1.807) is 11.3 Å². The van der Waals surface area contributed by atoms with Crippen molar-refractivity contribution in [3.05, 3.63) is 52.0 Å². The number of urea groups is 1. The van der Waals surface area contributed by atoms with Crippen LogP contribution in [0.3, 0.4) is 0 Å². The Morgan fingerprint density at radius 1 is 1.26 bits per heavy atom. The molecule has 5 heteroatoms. The molecule has 1 unspecified atom stereocenters. The van der Waals surface area contributed by atoms with Crippen molar-refractivity contribution in [3.63, 3.8) is 0 Å². The Morgan fingerprint density at radius 2 is 1.96 bits per heavy atom. The van der Waals surface area contributed by atoms with E-state index in [1.807, 2.05) is 25.1 Å². The lowest BCUT2D eigenvalue weighted by Crippen LogP contribution is -2.38. The highest BCUT2D eigenvalue weighted by atomic mass is 32.1. The number of carbonyl (C=O) groups is 1. The van der Waals surface area contributed by atoms with Crippen LogP contribution in [0.25, 0.3) is 0 Å². The van der Waals surface area contributed by atoms with Crippen LogP contribution in [-0.4, -0.2) is 17.6 Å². The third-order valence-corrected chi connectivity index (χ3v) is 4.58. The van der Waals surface area contributed by atoms with Crippen molar-refractivity contribution < 1.29 is 4.79 Å². The average molecular weight is 331 g/mol. The van der Waals surface area contributed by atoms with Crippen molar-refractivity contribution in [1.82, 2.24) is 15.6 Å². The quantitative estimate of drug-likeness (QED) is 0.868. The molecule has 1 aromatic carbocycles. The van der Waals surface area contributed by atoms with Crippen LogP contribution in [0.15, 0.2) is 35.7 Å². The van der Waals surface area contributed by atoms with Crippen LogP contribution in [0.4, 0.5) is 4.79 Å². The first-order valence-corrected chi connectivity index (χ1v) is 8.78. The van der Waals surface area contributed by atoms with E-state index in [-0.39, 0.29) is 17.5 Å². The number of benzene rings is 1. The van der Waals surface area contributed by atoms with Crippen molar-refractivity contribution >= 4 is 17.4 Å². The Bertz CT molecular complexity index is 631. The summed E-state index contributed by atoms with van der Waals surface area (Å²) in [5, 5.41) is 8.85. The normalized spacial score (nSPS) is 12.7. The van der Waals surface area contributed by atoms with Gasteiger partial charge in [-0.1, -0.05) is 51.1 Å². The summed E-state index contributed by atoms with van der Waals surface area (Å²) in [4.78, 5) is 16.6. The predicted octanol–water partition coefficient (Wildman–Crippen LogP) is 4.04. The third kappa shape index (κ3) is 5.36. The molecule has 0 spiro atoms. The second kappa shape index (κ2) is 7.59. The van der Waals surface area contributed by atoms with Crippen molar-refractivity contribution in [2.45, 2.75) is 45.6 Å². The van der Waals surface area contributed by atoms with E-state index in [0.29, 0.717) is 6.54 Å². The lowest BCUT2D eigenvalue weighted by atomic mass is 9.93. The largest absolute Gasteiger partial charge is 0.338 e. The van der Waals surface area contributed by atoms with Gasteiger partial charge in [-0.15, -0.1) is 11.3 Å². The van der Waals surface area contributed by atoms with Gasteiger partial charge in [0.1, 0.15) is 5.01 Å². The number of amides is 2. The molecule has 1 heterocycles. The van der Waals surface area contributed by atoms with Gasteiger partial charge in [-0.05, 0) is 18.9 Å². The van der Waals surface area contributed by atoms with E-state index in [1.165, 1.54) is 5.56 Å². The van der Waals surface area contributed by atoms with E-state index < -0.39 is 0 Å². The van der Waals surface area contributed by atoms with Gasteiger partial charge in [0.2, 0.25) is 0 Å². The Morgan fingerprint density at radius 3 is 2.57 bits per heavy atom. The van der Waals surface area contributed by atoms with Gasteiger partial charge < -0.3 is 10.6 Å². The first-order chi connectivity index (χ1) is 10.9. The minimum Gasteiger partial charge on any atom is -0.338 e. The second-order valence-electron chi connectivity index (χ2n) is 6.68. The third-order valence-electron chi connectivity index (χ3n) is 3.55. The van der Waals surface area contributed by atoms with Gasteiger partial charge in [0.25, 0.3) is 0 Å². The molecule has 0 saturated carbocycles. The van der Waals surface area contributed by atoms with Gasteiger partial charge in [-0.2, -0.15) is 0 Å². The molecule has 0 bridgehead atoms. The van der Waals surface area contributed by atoms with Gasteiger partial charge >= 0.3 is 6.03 Å². The number of nitrogens with zero attached hydrogens (tertiary/aromatic N) is 1. The summed E-state index contributed by atoms with van der Waals surface area (Å²) < 4.78 is 0. The van der Waals surface area contributed by atoms with Gasteiger partial charge in [-0.25, -0.2) is 9.78 Å². The van der Waals surface area contributed by atoms with Gasteiger partial charge in [-0.3, -0.25) is 0 Å². The smallest absolute Gasteiger partial charge is 0.315 e. The molecule has 0 saturated heterocycles. The number of nitrogens with one attached hydrogen (secondary N) is 2. The minimum atomic E-state index is -0.152. The van der Waals surface area contributed by atoms with Crippen LogP contribution < -0.4 is 10.6 Å². The van der Waals surface area contributed by atoms with Gasteiger partial charge in [0, 0.05) is 17.3 Å². The predicted molar refractivity (Wildman–Crippen MR) is 95.9 cm³/mol. The summed E-state index contributed by atoms with van der Waals surface area (Å²) in [5.41, 5.74) is 2.32. The Balaban J connectivity index is 1.79. The molecule has 1 aromatic heterocycles. The minimum absolute atomic E-state index is 0.0341. The molecule has 2 amide bonds. The molecule has 0 fully saturated rings. The molecule has 0 aliphatic carbocycles. The number of thiazole rings is 1. The molecule has 0 aliphatic heterocycles. The lowest BCUT2D eigenvalue weighted by molar-refractivity contribution is 0.238. The van der Waals surface area contributed by atoms with Crippen LogP contribution in [0, 0.1) is 0 Å². The molecular weight excluding hydrogens is 306 g/mol. The number of hydrogen-bond acceptors (Lipinski definition) is 3. The Hall–Kier alpha value is -1.88. The van der Waals surface area contributed by atoms with E-state index in [0.717, 1.165) is 17.1 Å². The molecule has 0 radical (unpaired) electrons. The van der Waals surface area contributed by atoms with E-state index in [2.05, 4.69) is 53.9 Å². The van der Waals surface area contributed by atoms with Gasteiger partial charge in [0.15, 0.2) is 0 Å². The van der Waals surface area contributed by atoms with Crippen molar-refractivity contribution in [2.24, 2.45) is 0 Å². The Labute approximate surface area is 142 Å². The maximum Gasteiger partial charge on any atom is 0.315 e. The number of aromatic nitrogens is 1.